The predicted octanol–water partition coefficient (Wildman–Crippen LogP) is 3.19. The molecule has 3 aromatic rings. The van der Waals surface area contributed by atoms with Crippen LogP contribution in [0.15, 0.2) is 72.1 Å². The van der Waals surface area contributed by atoms with Gasteiger partial charge in [-0.15, -0.1) is 0 Å². The number of nitrogens with one attached hydrogen (secondary N) is 1. The van der Waals surface area contributed by atoms with Crippen LogP contribution in [0.1, 0.15) is 19.4 Å². The summed E-state index contributed by atoms with van der Waals surface area (Å²) in [6.07, 6.45) is 4.34. The van der Waals surface area contributed by atoms with E-state index in [2.05, 4.69) is 15.6 Å². The lowest BCUT2D eigenvalue weighted by molar-refractivity contribution is -0.127. The zero-order chi connectivity index (χ0) is 19.8. The van der Waals surface area contributed by atoms with Gasteiger partial charge in [-0.05, 0) is 50.2 Å². The Kier molecular flexibility index (Phi) is 6.41. The molecule has 0 bridgehead atoms. The minimum absolute atomic E-state index is 0.347. The minimum atomic E-state index is -0.692. The number of para-hydroxylation sites is 1. The number of carbonyl (C=O) groups is 1. The fourth-order valence-electron chi connectivity index (χ4n) is 2.43. The van der Waals surface area contributed by atoms with Crippen LogP contribution >= 0.6 is 0 Å². The summed E-state index contributed by atoms with van der Waals surface area (Å²) >= 11 is 0. The standard InChI is InChI=1S/C21H22N4O3/c1-3-27-19-9-11-20(12-10-19)28-16(2)21(26)24-22-13-17-14-23-25(15-17)18-7-5-4-6-8-18/h4-16H,3H2,1-2H3,(H,24,26)/b22-13-/t16-/m0/s1. The SMILES string of the molecule is CCOc1ccc(O[C@@H](C)C(=O)N/N=C\c2cnn(-c3ccccc3)c2)cc1. The van der Waals surface area contributed by atoms with E-state index in [1.165, 1.54) is 6.21 Å². The summed E-state index contributed by atoms with van der Waals surface area (Å²) in [5.41, 5.74) is 4.19. The van der Waals surface area contributed by atoms with Gasteiger partial charge in [0.05, 0.1) is 24.7 Å². The van der Waals surface area contributed by atoms with Crippen LogP contribution in [0, 0.1) is 0 Å². The summed E-state index contributed by atoms with van der Waals surface area (Å²) in [6.45, 7) is 4.18. The van der Waals surface area contributed by atoms with Crippen LogP contribution in [-0.4, -0.2) is 34.6 Å². The number of hydrogen-bond donors (Lipinski definition) is 1. The number of nitrogens with zero attached hydrogens (tertiary/aromatic N) is 3. The van der Waals surface area contributed by atoms with E-state index >= 15 is 0 Å². The molecule has 1 aromatic heterocycles. The number of aromatic nitrogens is 2. The predicted molar refractivity (Wildman–Crippen MR) is 107 cm³/mol. The summed E-state index contributed by atoms with van der Waals surface area (Å²) < 4.78 is 12.7. The van der Waals surface area contributed by atoms with E-state index in [4.69, 9.17) is 9.47 Å². The van der Waals surface area contributed by atoms with Gasteiger partial charge in [-0.2, -0.15) is 10.2 Å². The normalized spacial score (nSPS) is 11.9. The van der Waals surface area contributed by atoms with Gasteiger partial charge in [-0.25, -0.2) is 10.1 Å². The summed E-state index contributed by atoms with van der Waals surface area (Å²) in [5, 5.41) is 8.24. The molecule has 2 aromatic carbocycles. The number of benzene rings is 2. The van der Waals surface area contributed by atoms with Crippen molar-refractivity contribution in [1.82, 2.24) is 15.2 Å². The highest BCUT2D eigenvalue weighted by Gasteiger charge is 2.14. The monoisotopic (exact) mass is 378 g/mol. The molecule has 0 spiro atoms. The third-order valence-corrected chi connectivity index (χ3v) is 3.83. The fraction of sp³-hybridized carbons (Fsp3) is 0.190. The molecule has 1 heterocycles. The van der Waals surface area contributed by atoms with Gasteiger partial charge in [0.1, 0.15) is 11.5 Å². The number of hydrogen-bond acceptors (Lipinski definition) is 5. The van der Waals surface area contributed by atoms with E-state index < -0.39 is 6.10 Å². The van der Waals surface area contributed by atoms with Gasteiger partial charge in [-0.3, -0.25) is 4.79 Å². The van der Waals surface area contributed by atoms with Crippen molar-refractivity contribution in [3.8, 4) is 17.2 Å². The van der Waals surface area contributed by atoms with Crippen molar-refractivity contribution in [2.24, 2.45) is 5.10 Å². The topological polar surface area (TPSA) is 77.7 Å². The highest BCUT2D eigenvalue weighted by Crippen LogP contribution is 2.18. The molecule has 3 rings (SSSR count). The molecule has 0 fully saturated rings. The van der Waals surface area contributed by atoms with Crippen LogP contribution in [0.2, 0.25) is 0 Å². The highest BCUT2D eigenvalue weighted by atomic mass is 16.5. The maximum Gasteiger partial charge on any atom is 0.280 e. The summed E-state index contributed by atoms with van der Waals surface area (Å²) in [7, 11) is 0. The molecule has 28 heavy (non-hydrogen) atoms. The molecule has 1 amide bonds. The number of rotatable bonds is 8. The van der Waals surface area contributed by atoms with E-state index in [9.17, 15) is 4.79 Å². The Balaban J connectivity index is 1.51. The van der Waals surface area contributed by atoms with E-state index in [1.54, 1.807) is 42.1 Å². The van der Waals surface area contributed by atoms with Crippen molar-refractivity contribution in [2.45, 2.75) is 20.0 Å². The molecule has 1 atom stereocenters. The van der Waals surface area contributed by atoms with Crippen molar-refractivity contribution in [1.29, 1.82) is 0 Å². The zero-order valence-corrected chi connectivity index (χ0v) is 15.8. The third kappa shape index (κ3) is 5.20. The first kappa shape index (κ1) is 19.2. The Morgan fingerprint density at radius 3 is 2.61 bits per heavy atom. The van der Waals surface area contributed by atoms with Crippen LogP contribution in [0.5, 0.6) is 11.5 Å². The smallest absolute Gasteiger partial charge is 0.280 e. The molecule has 144 valence electrons. The lowest BCUT2D eigenvalue weighted by Crippen LogP contribution is -2.33. The largest absolute Gasteiger partial charge is 0.494 e. The van der Waals surface area contributed by atoms with Crippen molar-refractivity contribution in [2.75, 3.05) is 6.61 Å². The van der Waals surface area contributed by atoms with E-state index in [1.807, 2.05) is 43.5 Å². The van der Waals surface area contributed by atoms with Gasteiger partial charge in [0.15, 0.2) is 6.10 Å². The molecule has 0 unspecified atom stereocenters. The van der Waals surface area contributed by atoms with E-state index in [-0.39, 0.29) is 5.91 Å². The van der Waals surface area contributed by atoms with E-state index in [0.29, 0.717) is 12.4 Å². The quantitative estimate of drug-likeness (QED) is 0.482. The first-order chi connectivity index (χ1) is 13.7. The number of carbonyl (C=O) groups excluding carboxylic acids is 1. The molecule has 0 aliphatic heterocycles. The number of amides is 1. The molecule has 0 saturated carbocycles. The van der Waals surface area contributed by atoms with Crippen LogP contribution in [0.4, 0.5) is 0 Å². The molecular weight excluding hydrogens is 356 g/mol. The summed E-state index contributed by atoms with van der Waals surface area (Å²) in [5.74, 6) is 0.993. The molecular formula is C21H22N4O3. The van der Waals surface area contributed by atoms with Gasteiger partial charge in [0, 0.05) is 11.8 Å². The van der Waals surface area contributed by atoms with Gasteiger partial charge in [-0.1, -0.05) is 18.2 Å². The first-order valence-corrected chi connectivity index (χ1v) is 8.98. The summed E-state index contributed by atoms with van der Waals surface area (Å²) in [4.78, 5) is 12.1. The Bertz CT molecular complexity index is 920. The molecule has 1 N–H and O–H groups in total. The van der Waals surface area contributed by atoms with Crippen molar-refractivity contribution in [3.05, 3.63) is 72.6 Å². The Morgan fingerprint density at radius 2 is 1.89 bits per heavy atom. The average Bonchev–Trinajstić information content (AvgIpc) is 3.19. The average molecular weight is 378 g/mol. The fourth-order valence-corrected chi connectivity index (χ4v) is 2.43. The van der Waals surface area contributed by atoms with Crippen molar-refractivity contribution < 1.29 is 14.3 Å². The highest BCUT2D eigenvalue weighted by molar-refractivity contribution is 5.84. The van der Waals surface area contributed by atoms with Crippen LogP contribution in [0.25, 0.3) is 5.69 Å². The maximum atomic E-state index is 12.1. The van der Waals surface area contributed by atoms with Gasteiger partial charge in [0.2, 0.25) is 0 Å². The van der Waals surface area contributed by atoms with Crippen LogP contribution in [-0.2, 0) is 4.79 Å². The lowest BCUT2D eigenvalue weighted by atomic mass is 10.3. The summed E-state index contributed by atoms with van der Waals surface area (Å²) in [6, 6.07) is 16.9. The second-order valence-electron chi connectivity index (χ2n) is 5.95. The van der Waals surface area contributed by atoms with Gasteiger partial charge < -0.3 is 9.47 Å². The first-order valence-electron chi connectivity index (χ1n) is 8.98. The van der Waals surface area contributed by atoms with E-state index in [0.717, 1.165) is 17.0 Å². The van der Waals surface area contributed by atoms with Gasteiger partial charge in [0.25, 0.3) is 5.91 Å². The Labute approximate surface area is 163 Å². The molecule has 0 aliphatic rings. The second-order valence-corrected chi connectivity index (χ2v) is 5.95. The number of ether oxygens (including phenoxy) is 2. The zero-order valence-electron chi connectivity index (χ0n) is 15.8. The second kappa shape index (κ2) is 9.36. The Hall–Kier alpha value is -3.61. The molecule has 7 nitrogen and oxygen atoms in total. The lowest BCUT2D eigenvalue weighted by Gasteiger charge is -2.13. The molecule has 0 radical (unpaired) electrons. The molecule has 0 aliphatic carbocycles. The molecule has 7 heteroatoms. The van der Waals surface area contributed by atoms with Crippen LogP contribution in [0.3, 0.4) is 0 Å². The third-order valence-electron chi connectivity index (χ3n) is 3.83. The Morgan fingerprint density at radius 1 is 1.18 bits per heavy atom. The molecule has 0 saturated heterocycles. The maximum absolute atomic E-state index is 12.1. The van der Waals surface area contributed by atoms with Crippen molar-refractivity contribution >= 4 is 12.1 Å². The number of hydrazone groups is 1. The van der Waals surface area contributed by atoms with Crippen molar-refractivity contribution in [3.63, 3.8) is 0 Å². The van der Waals surface area contributed by atoms with Gasteiger partial charge >= 0.3 is 0 Å². The minimum Gasteiger partial charge on any atom is -0.494 e. The van der Waals surface area contributed by atoms with Crippen LogP contribution < -0.4 is 14.9 Å².